The van der Waals surface area contributed by atoms with E-state index in [4.69, 9.17) is 0 Å². The van der Waals surface area contributed by atoms with E-state index in [0.717, 1.165) is 25.3 Å². The largest absolute Gasteiger partial charge is 0.464 e. The van der Waals surface area contributed by atoms with Crippen LogP contribution in [0.15, 0.2) is 22.7 Å². The zero-order valence-electron chi connectivity index (χ0n) is 11.4. The fraction of sp³-hybridized carbons (Fsp3) is 0.231. The summed E-state index contributed by atoms with van der Waals surface area (Å²) in [6.45, 7) is -0.711. The molecule has 124 valence electrons. The van der Waals surface area contributed by atoms with Gasteiger partial charge in [0.15, 0.2) is 11.4 Å². The summed E-state index contributed by atoms with van der Waals surface area (Å²) in [4.78, 5) is 11.7. The summed E-state index contributed by atoms with van der Waals surface area (Å²) in [5, 5.41) is 3.24. The lowest BCUT2D eigenvalue weighted by Gasteiger charge is -2.08. The molecule has 0 saturated heterocycles. The molecule has 0 atom stereocenters. The molecule has 1 aromatic heterocycles. The number of aromatic nitrogens is 2. The zero-order chi connectivity index (χ0) is 17.4. The highest BCUT2D eigenvalue weighted by Crippen LogP contribution is 2.36. The first-order valence-electron chi connectivity index (χ1n) is 6.01. The number of esters is 1. The summed E-state index contributed by atoms with van der Waals surface area (Å²) in [5.74, 6) is -3.07. The molecule has 1 aromatic carbocycles. The van der Waals surface area contributed by atoms with Crippen LogP contribution < -0.4 is 0 Å². The minimum atomic E-state index is -4.86. The number of nitrogens with zero attached hydrogens (tertiary/aromatic N) is 2. The number of halogens is 6. The summed E-state index contributed by atoms with van der Waals surface area (Å²) in [5.41, 5.74) is -2.52. The molecule has 0 bridgehead atoms. The normalized spacial score (nSPS) is 11.6. The van der Waals surface area contributed by atoms with Crippen molar-refractivity contribution in [1.82, 2.24) is 9.78 Å². The summed E-state index contributed by atoms with van der Waals surface area (Å²) in [6.07, 6.45) is -4.86. The van der Waals surface area contributed by atoms with Gasteiger partial charge in [0.25, 0.3) is 0 Å². The van der Waals surface area contributed by atoms with Crippen molar-refractivity contribution in [1.29, 1.82) is 0 Å². The number of carbonyl (C=O) groups excluding carboxylic acids is 1. The third-order valence-corrected chi connectivity index (χ3v) is 3.66. The molecule has 1 heterocycles. The smallest absolute Gasteiger partial charge is 0.436 e. The van der Waals surface area contributed by atoms with Crippen LogP contribution in [0, 0.1) is 11.6 Å². The SMILES string of the molecule is COC(=O)c1c(Br)c(C(F)(F)F)nn1Cc1c(F)cccc1F. The number of carbonyl (C=O) groups is 1. The number of hydrogen-bond acceptors (Lipinski definition) is 3. The number of alkyl halides is 3. The van der Waals surface area contributed by atoms with Gasteiger partial charge in [-0.1, -0.05) is 6.07 Å². The van der Waals surface area contributed by atoms with Crippen molar-refractivity contribution >= 4 is 21.9 Å². The first-order chi connectivity index (χ1) is 10.7. The minimum Gasteiger partial charge on any atom is -0.464 e. The third-order valence-electron chi connectivity index (χ3n) is 2.91. The van der Waals surface area contributed by atoms with Crippen molar-refractivity contribution in [3.63, 3.8) is 0 Å². The zero-order valence-corrected chi connectivity index (χ0v) is 13.0. The van der Waals surface area contributed by atoms with Gasteiger partial charge in [0.05, 0.1) is 18.1 Å². The van der Waals surface area contributed by atoms with Crippen LogP contribution in [0.25, 0.3) is 0 Å². The monoisotopic (exact) mass is 398 g/mol. The lowest BCUT2D eigenvalue weighted by molar-refractivity contribution is -0.142. The average molecular weight is 399 g/mol. The van der Waals surface area contributed by atoms with Crippen LogP contribution in [0.1, 0.15) is 21.7 Å². The van der Waals surface area contributed by atoms with Crippen LogP contribution in [0.5, 0.6) is 0 Å². The third kappa shape index (κ3) is 3.36. The Kier molecular flexibility index (Phi) is 4.73. The topological polar surface area (TPSA) is 44.1 Å². The molecule has 0 aliphatic rings. The second-order valence-electron chi connectivity index (χ2n) is 4.36. The number of methoxy groups -OCH3 is 1. The molecule has 2 rings (SSSR count). The van der Waals surface area contributed by atoms with Crippen molar-refractivity contribution < 1.29 is 31.5 Å². The van der Waals surface area contributed by atoms with Crippen LogP contribution in [0.2, 0.25) is 0 Å². The molecule has 0 N–H and O–H groups in total. The molecule has 0 aliphatic carbocycles. The van der Waals surface area contributed by atoms with Crippen LogP contribution in [0.3, 0.4) is 0 Å². The summed E-state index contributed by atoms with van der Waals surface area (Å²) in [7, 11) is 0.961. The van der Waals surface area contributed by atoms with Crippen LogP contribution >= 0.6 is 15.9 Å². The Bertz CT molecular complexity index is 737. The van der Waals surface area contributed by atoms with E-state index in [1.54, 1.807) is 0 Å². The van der Waals surface area contributed by atoms with E-state index in [1.807, 2.05) is 0 Å². The Morgan fingerprint density at radius 2 is 1.87 bits per heavy atom. The molecule has 0 saturated carbocycles. The number of benzene rings is 1. The summed E-state index contributed by atoms with van der Waals surface area (Å²) >= 11 is 2.64. The molecule has 0 spiro atoms. The van der Waals surface area contributed by atoms with Crippen LogP contribution in [0.4, 0.5) is 22.0 Å². The Morgan fingerprint density at radius 1 is 1.30 bits per heavy atom. The number of ether oxygens (including phenoxy) is 1. The van der Waals surface area contributed by atoms with Crippen molar-refractivity contribution in [2.24, 2.45) is 0 Å². The maximum absolute atomic E-state index is 13.7. The second kappa shape index (κ2) is 6.26. The van der Waals surface area contributed by atoms with Crippen LogP contribution in [-0.4, -0.2) is 22.9 Å². The van der Waals surface area contributed by atoms with Gasteiger partial charge < -0.3 is 4.74 Å². The van der Waals surface area contributed by atoms with E-state index in [-0.39, 0.29) is 0 Å². The molecule has 0 radical (unpaired) electrons. The van der Waals surface area contributed by atoms with Crippen molar-refractivity contribution in [3.8, 4) is 0 Å². The van der Waals surface area contributed by atoms with Crippen LogP contribution in [-0.2, 0) is 17.5 Å². The fourth-order valence-corrected chi connectivity index (χ4v) is 2.53. The molecule has 10 heteroatoms. The van der Waals surface area contributed by atoms with Crippen molar-refractivity contribution in [2.45, 2.75) is 12.7 Å². The lowest BCUT2D eigenvalue weighted by atomic mass is 10.2. The fourth-order valence-electron chi connectivity index (χ4n) is 1.86. The first-order valence-corrected chi connectivity index (χ1v) is 6.80. The van der Waals surface area contributed by atoms with Crippen molar-refractivity contribution in [3.05, 3.63) is 51.3 Å². The predicted octanol–water partition coefficient (Wildman–Crippen LogP) is 3.78. The number of rotatable bonds is 3. The molecular weight excluding hydrogens is 391 g/mol. The Morgan fingerprint density at radius 3 is 2.35 bits per heavy atom. The average Bonchev–Trinajstić information content (AvgIpc) is 2.79. The van der Waals surface area contributed by atoms with Gasteiger partial charge in [-0.25, -0.2) is 13.6 Å². The summed E-state index contributed by atoms with van der Waals surface area (Å²) < 4.78 is 70.3. The molecule has 0 aliphatic heterocycles. The molecule has 4 nitrogen and oxygen atoms in total. The van der Waals surface area contributed by atoms with Gasteiger partial charge >= 0.3 is 12.1 Å². The maximum Gasteiger partial charge on any atom is 0.436 e. The Hall–Kier alpha value is -1.97. The van der Waals surface area contributed by atoms with Gasteiger partial charge in [-0.05, 0) is 28.1 Å². The Labute approximate surface area is 135 Å². The van der Waals surface area contributed by atoms with Gasteiger partial charge in [0, 0.05) is 5.56 Å². The van der Waals surface area contributed by atoms with Crippen molar-refractivity contribution in [2.75, 3.05) is 7.11 Å². The molecule has 0 fully saturated rings. The predicted molar refractivity (Wildman–Crippen MR) is 71.7 cm³/mol. The first kappa shape index (κ1) is 17.4. The van der Waals surface area contributed by atoms with E-state index in [1.165, 1.54) is 0 Å². The molecule has 2 aromatic rings. The maximum atomic E-state index is 13.7. The number of hydrogen-bond donors (Lipinski definition) is 0. The highest BCUT2D eigenvalue weighted by Gasteiger charge is 2.40. The van der Waals surface area contributed by atoms with Gasteiger partial charge in [0.2, 0.25) is 0 Å². The van der Waals surface area contributed by atoms with E-state index < -0.39 is 51.7 Å². The molecular formula is C13H8BrF5N2O2. The second-order valence-corrected chi connectivity index (χ2v) is 5.15. The van der Waals surface area contributed by atoms with Gasteiger partial charge in [-0.2, -0.15) is 18.3 Å². The van der Waals surface area contributed by atoms with E-state index >= 15 is 0 Å². The van der Waals surface area contributed by atoms with Gasteiger partial charge in [-0.3, -0.25) is 4.68 Å². The molecule has 0 unspecified atom stereocenters. The van der Waals surface area contributed by atoms with E-state index in [2.05, 4.69) is 25.8 Å². The highest BCUT2D eigenvalue weighted by molar-refractivity contribution is 9.10. The molecule has 23 heavy (non-hydrogen) atoms. The van der Waals surface area contributed by atoms with Gasteiger partial charge in [0.1, 0.15) is 11.6 Å². The summed E-state index contributed by atoms with van der Waals surface area (Å²) in [6, 6.07) is 2.99. The van der Waals surface area contributed by atoms with E-state index in [0.29, 0.717) is 4.68 Å². The Balaban J connectivity index is 2.60. The van der Waals surface area contributed by atoms with Gasteiger partial charge in [-0.15, -0.1) is 0 Å². The molecule has 0 amide bonds. The van der Waals surface area contributed by atoms with E-state index in [9.17, 15) is 26.7 Å². The highest BCUT2D eigenvalue weighted by atomic mass is 79.9. The lowest BCUT2D eigenvalue weighted by Crippen LogP contribution is -2.15. The minimum absolute atomic E-state index is 0.527. The quantitative estimate of drug-likeness (QED) is 0.583. The standard InChI is InChI=1S/C13H8BrF5N2O2/c1-23-12(22)10-9(14)11(13(17,18)19)20-21(10)5-6-7(15)3-2-4-8(6)16/h2-4H,5H2,1H3.